The summed E-state index contributed by atoms with van der Waals surface area (Å²) in [6.45, 7) is -0.221. The first-order valence-corrected chi connectivity index (χ1v) is 6.93. The fourth-order valence-electron chi connectivity index (χ4n) is 1.98. The topological polar surface area (TPSA) is 108 Å². The maximum Gasteiger partial charge on any atom is 0.338 e. The van der Waals surface area contributed by atoms with E-state index in [1.807, 2.05) is 30.3 Å². The summed E-state index contributed by atoms with van der Waals surface area (Å²) in [6, 6.07) is 14.5. The highest BCUT2D eigenvalue weighted by Gasteiger charge is 2.15. The van der Waals surface area contributed by atoms with Crippen molar-refractivity contribution < 1.29 is 19.0 Å². The van der Waals surface area contributed by atoms with Gasteiger partial charge in [-0.25, -0.2) is 4.79 Å². The van der Waals surface area contributed by atoms with E-state index in [0.29, 0.717) is 5.82 Å². The van der Waals surface area contributed by atoms with Gasteiger partial charge in [-0.05, 0) is 6.07 Å². The number of nitro groups is 1. The van der Waals surface area contributed by atoms with Crippen LogP contribution in [-0.4, -0.2) is 21.0 Å². The second-order valence-corrected chi connectivity index (χ2v) is 4.76. The van der Waals surface area contributed by atoms with Crippen LogP contribution in [0.1, 0.15) is 16.2 Å². The molecule has 0 aliphatic heterocycles. The maximum absolute atomic E-state index is 11.9. The second kappa shape index (κ2) is 6.69. The minimum Gasteiger partial charge on any atom is -0.452 e. The Morgan fingerprint density at radius 1 is 1.17 bits per heavy atom. The first kappa shape index (κ1) is 15.3. The van der Waals surface area contributed by atoms with Gasteiger partial charge in [-0.2, -0.15) is 4.98 Å². The predicted octanol–water partition coefficient (Wildman–Crippen LogP) is 3.00. The number of nitro benzene ring substituents is 1. The summed E-state index contributed by atoms with van der Waals surface area (Å²) >= 11 is 0. The van der Waals surface area contributed by atoms with Gasteiger partial charge in [0.25, 0.3) is 11.6 Å². The lowest BCUT2D eigenvalue weighted by atomic mass is 10.2. The fraction of sp³-hybridized carbons (Fsp3) is 0.0625. The molecular formula is C16H11N3O5. The molecule has 1 heterocycles. The van der Waals surface area contributed by atoms with Gasteiger partial charge in [0.2, 0.25) is 5.82 Å². The molecule has 120 valence electrons. The normalized spacial score (nSPS) is 10.3. The molecule has 0 unspecified atom stereocenters. The van der Waals surface area contributed by atoms with Crippen LogP contribution in [0.5, 0.6) is 0 Å². The molecule has 3 aromatic rings. The Morgan fingerprint density at radius 3 is 2.71 bits per heavy atom. The maximum atomic E-state index is 11.9. The Hall–Kier alpha value is -3.55. The lowest BCUT2D eigenvalue weighted by Crippen LogP contribution is -2.06. The first-order valence-electron chi connectivity index (χ1n) is 6.93. The molecular weight excluding hydrogens is 314 g/mol. The summed E-state index contributed by atoms with van der Waals surface area (Å²) in [7, 11) is 0. The molecule has 3 rings (SSSR count). The SMILES string of the molecule is O=C(OCc1nc(-c2ccccc2)no1)c1cccc([N+](=O)[O-])c1. The average Bonchev–Trinajstić information content (AvgIpc) is 3.09. The highest BCUT2D eigenvalue weighted by molar-refractivity contribution is 5.90. The summed E-state index contributed by atoms with van der Waals surface area (Å²) in [5.41, 5.74) is 0.665. The third kappa shape index (κ3) is 3.43. The van der Waals surface area contributed by atoms with E-state index in [4.69, 9.17) is 9.26 Å². The molecule has 8 nitrogen and oxygen atoms in total. The molecule has 0 saturated heterocycles. The third-order valence-corrected chi connectivity index (χ3v) is 3.12. The van der Waals surface area contributed by atoms with Gasteiger partial charge in [0.15, 0.2) is 6.61 Å². The van der Waals surface area contributed by atoms with Crippen LogP contribution in [0.2, 0.25) is 0 Å². The van der Waals surface area contributed by atoms with E-state index < -0.39 is 10.9 Å². The van der Waals surface area contributed by atoms with Crippen LogP contribution in [0.25, 0.3) is 11.4 Å². The number of nitrogens with zero attached hydrogens (tertiary/aromatic N) is 3. The number of non-ortho nitro benzene ring substituents is 1. The minimum atomic E-state index is -0.710. The van der Waals surface area contributed by atoms with Gasteiger partial charge in [0.1, 0.15) is 0 Å². The standard InChI is InChI=1S/C16H11N3O5/c20-16(12-7-4-8-13(9-12)19(21)22)23-10-14-17-15(18-24-14)11-5-2-1-3-6-11/h1-9H,10H2. The zero-order valence-electron chi connectivity index (χ0n) is 12.3. The number of hydrogen-bond donors (Lipinski definition) is 0. The Bertz CT molecular complexity index is 876. The molecule has 0 radical (unpaired) electrons. The number of hydrogen-bond acceptors (Lipinski definition) is 7. The molecule has 0 N–H and O–H groups in total. The summed E-state index contributed by atoms with van der Waals surface area (Å²) in [6.07, 6.45) is 0. The lowest BCUT2D eigenvalue weighted by Gasteiger charge is -2.01. The number of carbonyl (C=O) groups is 1. The number of esters is 1. The monoisotopic (exact) mass is 325 g/mol. The van der Waals surface area contributed by atoms with Gasteiger partial charge >= 0.3 is 5.97 Å². The molecule has 0 aliphatic carbocycles. The van der Waals surface area contributed by atoms with E-state index in [-0.39, 0.29) is 23.7 Å². The third-order valence-electron chi connectivity index (χ3n) is 3.12. The van der Waals surface area contributed by atoms with Crippen LogP contribution in [0.4, 0.5) is 5.69 Å². The van der Waals surface area contributed by atoms with E-state index >= 15 is 0 Å². The largest absolute Gasteiger partial charge is 0.452 e. The van der Waals surface area contributed by atoms with E-state index in [9.17, 15) is 14.9 Å². The minimum absolute atomic E-state index is 0.0759. The van der Waals surface area contributed by atoms with Gasteiger partial charge in [-0.1, -0.05) is 41.6 Å². The van der Waals surface area contributed by atoms with E-state index in [0.717, 1.165) is 11.6 Å². The fourth-order valence-corrected chi connectivity index (χ4v) is 1.98. The zero-order chi connectivity index (χ0) is 16.9. The van der Waals surface area contributed by atoms with Gasteiger partial charge in [-0.15, -0.1) is 0 Å². The summed E-state index contributed by atoms with van der Waals surface area (Å²) in [5.74, 6) is -0.192. The Labute approximate surface area is 135 Å². The molecule has 2 aromatic carbocycles. The van der Waals surface area contributed by atoms with E-state index in [1.165, 1.54) is 18.2 Å². The predicted molar refractivity (Wildman–Crippen MR) is 81.9 cm³/mol. The first-order chi connectivity index (χ1) is 11.6. The van der Waals surface area contributed by atoms with E-state index in [1.54, 1.807) is 0 Å². The van der Waals surface area contributed by atoms with Gasteiger partial charge in [0, 0.05) is 17.7 Å². The molecule has 8 heteroatoms. The van der Waals surface area contributed by atoms with Crippen molar-refractivity contribution in [2.45, 2.75) is 6.61 Å². The summed E-state index contributed by atoms with van der Waals surface area (Å²) in [4.78, 5) is 26.2. The molecule has 0 aliphatic rings. The van der Waals surface area contributed by atoms with Crippen LogP contribution in [-0.2, 0) is 11.3 Å². The molecule has 0 saturated carbocycles. The van der Waals surface area contributed by atoms with Gasteiger partial charge in [-0.3, -0.25) is 10.1 Å². The van der Waals surface area contributed by atoms with Gasteiger partial charge in [0.05, 0.1) is 10.5 Å². The molecule has 0 bridgehead atoms. The molecule has 0 spiro atoms. The molecule has 0 fully saturated rings. The lowest BCUT2D eigenvalue weighted by molar-refractivity contribution is -0.384. The number of ether oxygens (including phenoxy) is 1. The molecule has 0 atom stereocenters. The van der Waals surface area contributed by atoms with Crippen molar-refractivity contribution in [3.05, 3.63) is 76.2 Å². The molecule has 0 amide bonds. The van der Waals surface area contributed by atoms with Crippen molar-refractivity contribution in [3.8, 4) is 11.4 Å². The Morgan fingerprint density at radius 2 is 1.96 bits per heavy atom. The number of rotatable bonds is 5. The van der Waals surface area contributed by atoms with E-state index in [2.05, 4.69) is 10.1 Å². The Balaban J connectivity index is 1.66. The van der Waals surface area contributed by atoms with Crippen molar-refractivity contribution in [1.29, 1.82) is 0 Å². The van der Waals surface area contributed by atoms with Gasteiger partial charge < -0.3 is 9.26 Å². The Kier molecular flexibility index (Phi) is 4.28. The van der Waals surface area contributed by atoms with Crippen LogP contribution in [0, 0.1) is 10.1 Å². The van der Waals surface area contributed by atoms with Crippen molar-refractivity contribution in [1.82, 2.24) is 10.1 Å². The smallest absolute Gasteiger partial charge is 0.338 e. The molecule has 1 aromatic heterocycles. The van der Waals surface area contributed by atoms with Crippen LogP contribution < -0.4 is 0 Å². The van der Waals surface area contributed by atoms with Crippen molar-refractivity contribution in [2.75, 3.05) is 0 Å². The van der Waals surface area contributed by atoms with Crippen LogP contribution in [0.3, 0.4) is 0 Å². The average molecular weight is 325 g/mol. The quantitative estimate of drug-likeness (QED) is 0.403. The molecule has 24 heavy (non-hydrogen) atoms. The summed E-state index contributed by atoms with van der Waals surface area (Å²) < 4.78 is 10.1. The number of aromatic nitrogens is 2. The van der Waals surface area contributed by atoms with Crippen LogP contribution in [0.15, 0.2) is 59.1 Å². The van der Waals surface area contributed by atoms with Crippen LogP contribution >= 0.6 is 0 Å². The highest BCUT2D eigenvalue weighted by atomic mass is 16.6. The zero-order valence-corrected chi connectivity index (χ0v) is 12.3. The number of benzene rings is 2. The number of carbonyl (C=O) groups excluding carboxylic acids is 1. The van der Waals surface area contributed by atoms with Crippen molar-refractivity contribution in [2.24, 2.45) is 0 Å². The summed E-state index contributed by atoms with van der Waals surface area (Å²) in [5, 5.41) is 14.5. The second-order valence-electron chi connectivity index (χ2n) is 4.76. The highest BCUT2D eigenvalue weighted by Crippen LogP contribution is 2.17. The van der Waals surface area contributed by atoms with Crippen molar-refractivity contribution in [3.63, 3.8) is 0 Å². The van der Waals surface area contributed by atoms with Crippen molar-refractivity contribution >= 4 is 11.7 Å².